The molecular weight excluding hydrogens is 224 g/mol. The Hall–Kier alpha value is -1.22. The van der Waals surface area contributed by atoms with Crippen LogP contribution in [0.25, 0.3) is 0 Å². The summed E-state index contributed by atoms with van der Waals surface area (Å²) in [6.45, 7) is 5.47. The largest absolute Gasteiger partial charge is 0.490 e. The molecule has 0 spiro atoms. The highest BCUT2D eigenvalue weighted by molar-refractivity contribution is 5.46. The zero-order valence-corrected chi connectivity index (χ0v) is 11.5. The highest BCUT2D eigenvalue weighted by Gasteiger charge is 2.17. The molecule has 1 saturated heterocycles. The topological polar surface area (TPSA) is 24.5 Å². The SMILES string of the molecule is CCCNc1ccc(OC2CCN(C)CC2)cc1. The Morgan fingerprint density at radius 3 is 2.50 bits per heavy atom. The molecular formula is C15H24N2O. The van der Waals surface area contributed by atoms with Crippen LogP contribution in [-0.2, 0) is 0 Å². The standard InChI is InChI=1S/C15H24N2O/c1-3-10-16-13-4-6-14(7-5-13)18-15-8-11-17(2)12-9-15/h4-7,15-16H,3,8-12H2,1-2H3. The van der Waals surface area contributed by atoms with Gasteiger partial charge in [-0.2, -0.15) is 0 Å². The maximum absolute atomic E-state index is 6.01. The average molecular weight is 248 g/mol. The third-order valence-corrected chi connectivity index (χ3v) is 3.40. The maximum atomic E-state index is 6.01. The first-order valence-electron chi connectivity index (χ1n) is 6.97. The van der Waals surface area contributed by atoms with Crippen LogP contribution in [0.3, 0.4) is 0 Å². The van der Waals surface area contributed by atoms with E-state index in [9.17, 15) is 0 Å². The summed E-state index contributed by atoms with van der Waals surface area (Å²) in [4.78, 5) is 2.36. The van der Waals surface area contributed by atoms with Crippen LogP contribution in [0.5, 0.6) is 5.75 Å². The summed E-state index contributed by atoms with van der Waals surface area (Å²) >= 11 is 0. The van der Waals surface area contributed by atoms with Crippen LogP contribution < -0.4 is 10.1 Å². The van der Waals surface area contributed by atoms with E-state index in [2.05, 4.69) is 48.5 Å². The molecule has 0 radical (unpaired) electrons. The van der Waals surface area contributed by atoms with Crippen molar-refractivity contribution in [2.45, 2.75) is 32.3 Å². The van der Waals surface area contributed by atoms with Crippen molar-refractivity contribution < 1.29 is 4.74 Å². The van der Waals surface area contributed by atoms with E-state index in [1.165, 1.54) is 5.69 Å². The zero-order valence-electron chi connectivity index (χ0n) is 11.5. The fourth-order valence-corrected chi connectivity index (χ4v) is 2.22. The molecule has 0 unspecified atom stereocenters. The summed E-state index contributed by atoms with van der Waals surface area (Å²) in [6.07, 6.45) is 3.79. The molecule has 0 atom stereocenters. The molecule has 1 N–H and O–H groups in total. The Morgan fingerprint density at radius 2 is 1.89 bits per heavy atom. The van der Waals surface area contributed by atoms with Crippen molar-refractivity contribution in [3.8, 4) is 5.75 Å². The Kier molecular flexibility index (Phi) is 4.88. The van der Waals surface area contributed by atoms with Crippen molar-refractivity contribution in [2.24, 2.45) is 0 Å². The molecule has 0 saturated carbocycles. The van der Waals surface area contributed by atoms with Crippen molar-refractivity contribution in [1.82, 2.24) is 4.90 Å². The lowest BCUT2D eigenvalue weighted by molar-refractivity contribution is 0.114. The molecule has 3 heteroatoms. The van der Waals surface area contributed by atoms with Crippen LogP contribution in [0, 0.1) is 0 Å². The predicted molar refractivity (Wildman–Crippen MR) is 76.4 cm³/mol. The number of nitrogens with zero attached hydrogens (tertiary/aromatic N) is 1. The van der Waals surface area contributed by atoms with Crippen molar-refractivity contribution in [1.29, 1.82) is 0 Å². The lowest BCUT2D eigenvalue weighted by Gasteiger charge is -2.29. The molecule has 100 valence electrons. The summed E-state index contributed by atoms with van der Waals surface area (Å²) < 4.78 is 6.01. The van der Waals surface area contributed by atoms with Gasteiger partial charge in [-0.1, -0.05) is 6.92 Å². The van der Waals surface area contributed by atoms with Crippen LogP contribution in [0.15, 0.2) is 24.3 Å². The molecule has 1 fully saturated rings. The second kappa shape index (κ2) is 6.64. The number of benzene rings is 1. The summed E-state index contributed by atoms with van der Waals surface area (Å²) in [6, 6.07) is 8.33. The van der Waals surface area contributed by atoms with Crippen LogP contribution in [-0.4, -0.2) is 37.7 Å². The quantitative estimate of drug-likeness (QED) is 0.867. The number of hydrogen-bond donors (Lipinski definition) is 1. The van der Waals surface area contributed by atoms with Gasteiger partial charge in [-0.15, -0.1) is 0 Å². The van der Waals surface area contributed by atoms with Crippen molar-refractivity contribution in [2.75, 3.05) is 32.0 Å². The molecule has 1 aliphatic rings. The van der Waals surface area contributed by atoms with E-state index in [-0.39, 0.29) is 0 Å². The van der Waals surface area contributed by atoms with Gasteiger partial charge in [0.25, 0.3) is 0 Å². The Bertz CT molecular complexity index is 342. The number of nitrogens with one attached hydrogen (secondary N) is 1. The highest BCUT2D eigenvalue weighted by Crippen LogP contribution is 2.20. The molecule has 1 heterocycles. The minimum absolute atomic E-state index is 0.385. The molecule has 18 heavy (non-hydrogen) atoms. The van der Waals surface area contributed by atoms with Crippen LogP contribution in [0.4, 0.5) is 5.69 Å². The summed E-state index contributed by atoms with van der Waals surface area (Å²) in [5.41, 5.74) is 1.17. The summed E-state index contributed by atoms with van der Waals surface area (Å²) in [5, 5.41) is 3.37. The van der Waals surface area contributed by atoms with Crippen LogP contribution in [0.2, 0.25) is 0 Å². The van der Waals surface area contributed by atoms with E-state index in [4.69, 9.17) is 4.74 Å². The molecule has 2 rings (SSSR count). The van der Waals surface area contributed by atoms with Crippen molar-refractivity contribution >= 4 is 5.69 Å². The second-order valence-corrected chi connectivity index (χ2v) is 5.07. The number of hydrogen-bond acceptors (Lipinski definition) is 3. The van der Waals surface area contributed by atoms with Gasteiger partial charge in [0.1, 0.15) is 11.9 Å². The molecule has 1 aliphatic heterocycles. The van der Waals surface area contributed by atoms with Crippen molar-refractivity contribution in [3.63, 3.8) is 0 Å². The fraction of sp³-hybridized carbons (Fsp3) is 0.600. The van der Waals surface area contributed by atoms with E-state index in [1.54, 1.807) is 0 Å². The molecule has 1 aromatic carbocycles. The van der Waals surface area contributed by atoms with Crippen molar-refractivity contribution in [3.05, 3.63) is 24.3 Å². The van der Waals surface area contributed by atoms with E-state index >= 15 is 0 Å². The molecule has 0 aliphatic carbocycles. The second-order valence-electron chi connectivity index (χ2n) is 5.07. The maximum Gasteiger partial charge on any atom is 0.119 e. The lowest BCUT2D eigenvalue weighted by Crippen LogP contribution is -2.35. The number of likely N-dealkylation sites (tertiary alicyclic amines) is 1. The first-order valence-corrected chi connectivity index (χ1v) is 6.97. The molecule has 0 amide bonds. The number of rotatable bonds is 5. The molecule has 3 nitrogen and oxygen atoms in total. The molecule has 0 bridgehead atoms. The number of piperidine rings is 1. The monoisotopic (exact) mass is 248 g/mol. The molecule has 0 aromatic heterocycles. The Labute approximate surface area is 110 Å². The van der Waals surface area contributed by atoms with Gasteiger partial charge in [0.15, 0.2) is 0 Å². The average Bonchev–Trinajstić information content (AvgIpc) is 2.41. The van der Waals surface area contributed by atoms with Crippen LogP contribution in [0.1, 0.15) is 26.2 Å². The van der Waals surface area contributed by atoms with E-state index in [1.807, 2.05) is 0 Å². The first-order chi connectivity index (χ1) is 8.78. The van der Waals surface area contributed by atoms with Gasteiger partial charge in [0, 0.05) is 25.3 Å². The van der Waals surface area contributed by atoms with Gasteiger partial charge in [-0.25, -0.2) is 0 Å². The minimum atomic E-state index is 0.385. The summed E-state index contributed by atoms with van der Waals surface area (Å²) in [5.74, 6) is 0.992. The van der Waals surface area contributed by atoms with Gasteiger partial charge in [-0.3, -0.25) is 0 Å². The number of anilines is 1. The molecule has 1 aromatic rings. The predicted octanol–water partition coefficient (Wildman–Crippen LogP) is 2.98. The smallest absolute Gasteiger partial charge is 0.119 e. The fourth-order valence-electron chi connectivity index (χ4n) is 2.22. The van der Waals surface area contributed by atoms with E-state index < -0.39 is 0 Å². The van der Waals surface area contributed by atoms with Gasteiger partial charge in [0.2, 0.25) is 0 Å². The zero-order chi connectivity index (χ0) is 12.8. The minimum Gasteiger partial charge on any atom is -0.490 e. The third-order valence-electron chi connectivity index (χ3n) is 3.40. The van der Waals surface area contributed by atoms with E-state index in [0.717, 1.165) is 44.6 Å². The Balaban J connectivity index is 1.82. The highest BCUT2D eigenvalue weighted by atomic mass is 16.5. The first kappa shape index (κ1) is 13.2. The van der Waals surface area contributed by atoms with Crippen LogP contribution >= 0.6 is 0 Å². The van der Waals surface area contributed by atoms with Gasteiger partial charge < -0.3 is 15.0 Å². The van der Waals surface area contributed by atoms with Gasteiger partial charge in [-0.05, 0) is 50.6 Å². The van der Waals surface area contributed by atoms with E-state index in [0.29, 0.717) is 6.10 Å². The van der Waals surface area contributed by atoms with Gasteiger partial charge in [0.05, 0.1) is 0 Å². The van der Waals surface area contributed by atoms with Gasteiger partial charge >= 0.3 is 0 Å². The summed E-state index contributed by atoms with van der Waals surface area (Å²) in [7, 11) is 2.17. The normalized spacial score (nSPS) is 17.7. The number of ether oxygens (including phenoxy) is 1. The third kappa shape index (κ3) is 3.91. The Morgan fingerprint density at radius 1 is 1.22 bits per heavy atom. The lowest BCUT2D eigenvalue weighted by atomic mass is 10.1.